The molecule has 0 aromatic heterocycles. The summed E-state index contributed by atoms with van der Waals surface area (Å²) in [7, 11) is 3.65. The number of hydrogen-bond donors (Lipinski definition) is 1. The Hall–Kier alpha value is -0.470. The fraction of sp³-hybridized carbons (Fsp3) is 1.00. The number of hydrogen-bond acceptors (Lipinski definition) is 3. The van der Waals surface area contributed by atoms with Gasteiger partial charge in [-0.1, -0.05) is 0 Å². The Labute approximate surface area is 103 Å². The lowest BCUT2D eigenvalue weighted by molar-refractivity contribution is -0.306. The van der Waals surface area contributed by atoms with E-state index < -0.39 is 24.7 Å². The largest absolute Gasteiger partial charge is 0.455 e. The van der Waals surface area contributed by atoms with Crippen molar-refractivity contribution in [2.75, 3.05) is 40.3 Å². The van der Waals surface area contributed by atoms with Crippen LogP contribution in [0, 0.1) is 5.92 Å². The first-order chi connectivity index (χ1) is 8.09. The highest BCUT2D eigenvalue weighted by atomic mass is 19.4. The third-order valence-corrected chi connectivity index (χ3v) is 3.07. The molecule has 1 aliphatic heterocycles. The second-order valence-electron chi connectivity index (χ2n) is 4.95. The van der Waals surface area contributed by atoms with E-state index in [2.05, 4.69) is 0 Å². The van der Waals surface area contributed by atoms with Crippen LogP contribution in [0.3, 0.4) is 0 Å². The summed E-state index contributed by atoms with van der Waals surface area (Å²) in [5.41, 5.74) is 5.08. The van der Waals surface area contributed by atoms with Crippen LogP contribution in [0.15, 0.2) is 0 Å². The Morgan fingerprint density at radius 2 is 1.72 bits per heavy atom. The molecule has 0 aromatic carbocycles. The molecule has 1 aliphatic rings. The maximum absolute atomic E-state index is 13.2. The number of rotatable bonds is 5. The van der Waals surface area contributed by atoms with Crippen molar-refractivity contribution in [3.05, 3.63) is 0 Å². The molecule has 0 saturated carbocycles. The monoisotopic (exact) mass is 275 g/mol. The van der Waals surface area contributed by atoms with Gasteiger partial charge in [0, 0.05) is 26.2 Å². The molecule has 1 saturated heterocycles. The van der Waals surface area contributed by atoms with Gasteiger partial charge in [-0.3, -0.25) is 4.90 Å². The first-order valence-corrected chi connectivity index (χ1v) is 5.63. The highest BCUT2D eigenvalue weighted by Gasteiger charge is 2.64. The molecule has 1 rings (SSSR count). The standard InChI is InChI=1S/C10H18F5N3/c1-17(2)4-7-5-18(6-7)8(3-16)9(11,12)10(13,14)15/h7-8H,3-6,16H2,1-2H3. The van der Waals surface area contributed by atoms with Crippen LogP contribution in [-0.4, -0.2) is 68.2 Å². The van der Waals surface area contributed by atoms with E-state index >= 15 is 0 Å². The minimum atomic E-state index is -5.55. The normalized spacial score (nSPS) is 21.2. The van der Waals surface area contributed by atoms with E-state index in [0.717, 1.165) is 4.90 Å². The highest BCUT2D eigenvalue weighted by Crippen LogP contribution is 2.41. The molecule has 0 radical (unpaired) electrons. The molecule has 2 N–H and O–H groups in total. The topological polar surface area (TPSA) is 32.5 Å². The number of halogens is 5. The average molecular weight is 275 g/mol. The van der Waals surface area contributed by atoms with Gasteiger partial charge in [-0.05, 0) is 20.0 Å². The third-order valence-electron chi connectivity index (χ3n) is 3.07. The summed E-state index contributed by atoms with van der Waals surface area (Å²) in [6.07, 6.45) is -5.55. The van der Waals surface area contributed by atoms with Crippen LogP contribution < -0.4 is 5.73 Å². The van der Waals surface area contributed by atoms with E-state index in [1.807, 2.05) is 19.0 Å². The Morgan fingerprint density at radius 1 is 1.22 bits per heavy atom. The Balaban J connectivity index is 2.60. The number of likely N-dealkylation sites (tertiary alicyclic amines) is 1. The van der Waals surface area contributed by atoms with Gasteiger partial charge in [-0.15, -0.1) is 0 Å². The molecule has 1 atom stereocenters. The van der Waals surface area contributed by atoms with Crippen molar-refractivity contribution in [1.82, 2.24) is 9.80 Å². The first kappa shape index (κ1) is 15.6. The van der Waals surface area contributed by atoms with Crippen molar-refractivity contribution >= 4 is 0 Å². The van der Waals surface area contributed by atoms with Crippen LogP contribution in [0.2, 0.25) is 0 Å². The fourth-order valence-corrected chi connectivity index (χ4v) is 2.21. The minimum Gasteiger partial charge on any atom is -0.329 e. The van der Waals surface area contributed by atoms with Crippen molar-refractivity contribution < 1.29 is 22.0 Å². The van der Waals surface area contributed by atoms with Crippen molar-refractivity contribution in [1.29, 1.82) is 0 Å². The Bertz CT molecular complexity index is 273. The van der Waals surface area contributed by atoms with Gasteiger partial charge in [0.1, 0.15) is 0 Å². The second kappa shape index (κ2) is 5.26. The fourth-order valence-electron chi connectivity index (χ4n) is 2.21. The van der Waals surface area contributed by atoms with E-state index in [4.69, 9.17) is 5.73 Å². The SMILES string of the molecule is CN(C)CC1CN(C(CN)C(F)(F)C(F)(F)F)C1. The van der Waals surface area contributed by atoms with Crippen molar-refractivity contribution in [2.24, 2.45) is 11.7 Å². The van der Waals surface area contributed by atoms with Gasteiger partial charge in [0.2, 0.25) is 0 Å². The summed E-state index contributed by atoms with van der Waals surface area (Å²) in [5, 5.41) is 0. The van der Waals surface area contributed by atoms with Gasteiger partial charge in [-0.2, -0.15) is 22.0 Å². The molecular formula is C10H18F5N3. The maximum Gasteiger partial charge on any atom is 0.455 e. The van der Waals surface area contributed by atoms with Crippen molar-refractivity contribution in [2.45, 2.75) is 18.1 Å². The van der Waals surface area contributed by atoms with E-state index in [1.165, 1.54) is 0 Å². The quantitative estimate of drug-likeness (QED) is 0.760. The zero-order valence-electron chi connectivity index (χ0n) is 10.3. The summed E-state index contributed by atoms with van der Waals surface area (Å²) in [4.78, 5) is 2.99. The van der Waals surface area contributed by atoms with Crippen LogP contribution in [0.1, 0.15) is 0 Å². The van der Waals surface area contributed by atoms with Gasteiger partial charge >= 0.3 is 12.1 Å². The second-order valence-corrected chi connectivity index (χ2v) is 4.95. The van der Waals surface area contributed by atoms with Crippen LogP contribution in [0.5, 0.6) is 0 Å². The number of alkyl halides is 5. The third kappa shape index (κ3) is 3.10. The van der Waals surface area contributed by atoms with Crippen LogP contribution >= 0.6 is 0 Å². The molecule has 0 bridgehead atoms. The summed E-state index contributed by atoms with van der Waals surface area (Å²) in [6.45, 7) is 0.421. The minimum absolute atomic E-state index is 0.123. The Kier molecular flexibility index (Phi) is 4.56. The van der Waals surface area contributed by atoms with E-state index in [1.54, 1.807) is 0 Å². The molecule has 1 fully saturated rings. The van der Waals surface area contributed by atoms with Gasteiger partial charge in [0.05, 0.1) is 6.04 Å². The lowest BCUT2D eigenvalue weighted by Gasteiger charge is -2.47. The van der Waals surface area contributed by atoms with Gasteiger partial charge in [0.25, 0.3) is 0 Å². The Morgan fingerprint density at radius 3 is 2.06 bits per heavy atom. The molecule has 8 heteroatoms. The molecule has 0 aromatic rings. The molecule has 1 unspecified atom stereocenters. The molecular weight excluding hydrogens is 257 g/mol. The van der Waals surface area contributed by atoms with Crippen molar-refractivity contribution in [3.8, 4) is 0 Å². The summed E-state index contributed by atoms with van der Waals surface area (Å²) < 4.78 is 63.2. The lowest BCUT2D eigenvalue weighted by atomic mass is 9.94. The van der Waals surface area contributed by atoms with E-state index in [-0.39, 0.29) is 19.0 Å². The summed E-state index contributed by atoms with van der Waals surface area (Å²) >= 11 is 0. The van der Waals surface area contributed by atoms with Gasteiger partial charge in [-0.25, -0.2) is 0 Å². The molecule has 18 heavy (non-hydrogen) atoms. The lowest BCUT2D eigenvalue weighted by Crippen LogP contribution is -2.65. The van der Waals surface area contributed by atoms with Crippen LogP contribution in [-0.2, 0) is 0 Å². The molecule has 1 heterocycles. The number of nitrogens with two attached hydrogens (primary N) is 1. The maximum atomic E-state index is 13.2. The molecule has 0 aliphatic carbocycles. The molecule has 3 nitrogen and oxygen atoms in total. The van der Waals surface area contributed by atoms with Crippen LogP contribution in [0.25, 0.3) is 0 Å². The van der Waals surface area contributed by atoms with E-state index in [9.17, 15) is 22.0 Å². The summed E-state index contributed by atoms with van der Waals surface area (Å²) in [6, 6.07) is -1.96. The molecule has 108 valence electrons. The van der Waals surface area contributed by atoms with Crippen LogP contribution in [0.4, 0.5) is 22.0 Å². The van der Waals surface area contributed by atoms with Crippen molar-refractivity contribution in [3.63, 3.8) is 0 Å². The molecule has 0 spiro atoms. The predicted octanol–water partition coefficient (Wildman–Crippen LogP) is 1.00. The zero-order valence-corrected chi connectivity index (χ0v) is 10.3. The first-order valence-electron chi connectivity index (χ1n) is 5.63. The smallest absolute Gasteiger partial charge is 0.329 e. The highest BCUT2D eigenvalue weighted by molar-refractivity contribution is 4.97. The van der Waals surface area contributed by atoms with E-state index in [0.29, 0.717) is 6.54 Å². The number of nitrogens with zero attached hydrogens (tertiary/aromatic N) is 2. The zero-order chi connectivity index (χ0) is 14.1. The predicted molar refractivity (Wildman–Crippen MR) is 57.5 cm³/mol. The van der Waals surface area contributed by atoms with Gasteiger partial charge < -0.3 is 10.6 Å². The summed E-state index contributed by atoms with van der Waals surface area (Å²) in [5.74, 6) is -4.64. The average Bonchev–Trinajstić information content (AvgIpc) is 2.11. The van der Waals surface area contributed by atoms with Gasteiger partial charge in [0.15, 0.2) is 0 Å². The molecule has 0 amide bonds.